The summed E-state index contributed by atoms with van der Waals surface area (Å²) in [4.78, 5) is 5.59. The van der Waals surface area contributed by atoms with Crippen LogP contribution in [0.4, 0.5) is 5.00 Å². The van der Waals surface area contributed by atoms with Crippen molar-refractivity contribution in [1.29, 1.82) is 0 Å². The van der Waals surface area contributed by atoms with Crippen LogP contribution in [0.15, 0.2) is 11.1 Å². The van der Waals surface area contributed by atoms with E-state index in [1.807, 2.05) is 0 Å². The molecule has 1 aliphatic heterocycles. The smallest absolute Gasteiger partial charge is 0.120 e. The highest BCUT2D eigenvalue weighted by Crippen LogP contribution is 2.34. The maximum atomic E-state index is 5.81. The lowest BCUT2D eigenvalue weighted by atomic mass is 10.1. The number of hydrogen-bond donors (Lipinski definition) is 0. The Labute approximate surface area is 74.7 Å². The summed E-state index contributed by atoms with van der Waals surface area (Å²) in [5.74, 6) is 0. The van der Waals surface area contributed by atoms with Crippen molar-refractivity contribution < 1.29 is 0 Å². The second-order valence-electron chi connectivity index (χ2n) is 2.68. The Morgan fingerprint density at radius 2 is 2.36 bits per heavy atom. The second-order valence-corrected chi connectivity index (χ2v) is 4.35. The number of aliphatic imine (C=N–C) groups is 1. The Balaban J connectivity index is 2.50. The van der Waals surface area contributed by atoms with Crippen molar-refractivity contribution in [3.63, 3.8) is 0 Å². The molecule has 1 aromatic heterocycles. The normalized spacial score (nSPS) is 16.0. The zero-order valence-electron chi connectivity index (χ0n) is 6.22. The Kier molecular flexibility index (Phi) is 1.74. The van der Waals surface area contributed by atoms with Crippen molar-refractivity contribution in [1.82, 2.24) is 0 Å². The first-order valence-electron chi connectivity index (χ1n) is 3.58. The van der Waals surface area contributed by atoms with Gasteiger partial charge in [-0.15, -0.1) is 11.3 Å². The van der Waals surface area contributed by atoms with E-state index in [9.17, 15) is 0 Å². The van der Waals surface area contributed by atoms with Crippen LogP contribution in [0.25, 0.3) is 0 Å². The number of fused-ring (bicyclic) bond motifs is 1. The minimum atomic E-state index is 0.749. The molecule has 0 aromatic carbocycles. The molecule has 1 aliphatic rings. The van der Waals surface area contributed by atoms with Gasteiger partial charge in [-0.2, -0.15) is 0 Å². The monoisotopic (exact) mass is 185 g/mol. The standard InChI is InChI=1S/C8H8ClNS/c1-5-4-6-2-3-7(9)10-8(6)11-5/h4H,2-3H2,1H3. The van der Waals surface area contributed by atoms with E-state index in [1.165, 1.54) is 10.4 Å². The van der Waals surface area contributed by atoms with Gasteiger partial charge in [-0.1, -0.05) is 11.6 Å². The van der Waals surface area contributed by atoms with Crippen LogP contribution < -0.4 is 0 Å². The van der Waals surface area contributed by atoms with Crippen LogP contribution in [-0.4, -0.2) is 5.17 Å². The Hall–Kier alpha value is -0.340. The van der Waals surface area contributed by atoms with Gasteiger partial charge in [-0.3, -0.25) is 0 Å². The maximum Gasteiger partial charge on any atom is 0.120 e. The fourth-order valence-corrected chi connectivity index (χ4v) is 2.42. The Bertz CT molecular complexity index is 314. The topological polar surface area (TPSA) is 12.4 Å². The van der Waals surface area contributed by atoms with Gasteiger partial charge in [-0.05, 0) is 25.0 Å². The van der Waals surface area contributed by atoms with Crippen LogP contribution in [0.2, 0.25) is 0 Å². The van der Waals surface area contributed by atoms with Gasteiger partial charge in [0.2, 0.25) is 0 Å². The van der Waals surface area contributed by atoms with Gasteiger partial charge in [0.05, 0.1) is 0 Å². The molecule has 58 valence electrons. The molecule has 0 saturated carbocycles. The minimum absolute atomic E-state index is 0.749. The summed E-state index contributed by atoms with van der Waals surface area (Å²) < 4.78 is 0. The van der Waals surface area contributed by atoms with Crippen molar-refractivity contribution in [2.45, 2.75) is 19.8 Å². The predicted molar refractivity (Wildman–Crippen MR) is 50.3 cm³/mol. The largest absolute Gasteiger partial charge is 0.230 e. The first kappa shape index (κ1) is 7.32. The molecule has 2 rings (SSSR count). The molecule has 2 heterocycles. The molecule has 0 spiro atoms. The molecule has 0 amide bonds. The van der Waals surface area contributed by atoms with Crippen molar-refractivity contribution in [3.05, 3.63) is 16.5 Å². The van der Waals surface area contributed by atoms with Crippen molar-refractivity contribution in [2.24, 2.45) is 4.99 Å². The molecule has 0 atom stereocenters. The number of nitrogens with zero attached hydrogens (tertiary/aromatic N) is 1. The van der Waals surface area contributed by atoms with Gasteiger partial charge in [0.15, 0.2) is 0 Å². The zero-order chi connectivity index (χ0) is 7.84. The van der Waals surface area contributed by atoms with Gasteiger partial charge in [-0.25, -0.2) is 4.99 Å². The molecule has 11 heavy (non-hydrogen) atoms. The van der Waals surface area contributed by atoms with E-state index in [2.05, 4.69) is 18.0 Å². The predicted octanol–water partition coefficient (Wildman–Crippen LogP) is 3.27. The number of halogens is 1. The summed E-state index contributed by atoms with van der Waals surface area (Å²) in [5.41, 5.74) is 1.36. The van der Waals surface area contributed by atoms with E-state index in [4.69, 9.17) is 11.6 Å². The van der Waals surface area contributed by atoms with Gasteiger partial charge in [0, 0.05) is 11.3 Å². The summed E-state index contributed by atoms with van der Waals surface area (Å²) in [5, 5.41) is 1.86. The lowest BCUT2D eigenvalue weighted by Crippen LogP contribution is -1.95. The Morgan fingerprint density at radius 1 is 1.55 bits per heavy atom. The quantitative estimate of drug-likeness (QED) is 0.589. The molecule has 1 aromatic rings. The molecule has 1 nitrogen and oxygen atoms in total. The highest BCUT2D eigenvalue weighted by Gasteiger charge is 2.12. The van der Waals surface area contributed by atoms with Crippen molar-refractivity contribution >= 4 is 33.1 Å². The zero-order valence-corrected chi connectivity index (χ0v) is 7.80. The third-order valence-corrected chi connectivity index (χ3v) is 2.99. The second kappa shape index (κ2) is 2.61. The highest BCUT2D eigenvalue weighted by atomic mass is 35.5. The summed E-state index contributed by atoms with van der Waals surface area (Å²) >= 11 is 7.53. The summed E-state index contributed by atoms with van der Waals surface area (Å²) in [6.07, 6.45) is 1.97. The van der Waals surface area contributed by atoms with Crippen LogP contribution >= 0.6 is 22.9 Å². The molecule has 0 fully saturated rings. The van der Waals surface area contributed by atoms with E-state index in [0.717, 1.165) is 23.0 Å². The van der Waals surface area contributed by atoms with Crippen LogP contribution in [0, 0.1) is 6.92 Å². The van der Waals surface area contributed by atoms with Crippen molar-refractivity contribution in [2.75, 3.05) is 0 Å². The van der Waals surface area contributed by atoms with E-state index in [0.29, 0.717) is 0 Å². The minimum Gasteiger partial charge on any atom is -0.230 e. The number of aryl methyl sites for hydroxylation is 2. The summed E-state index contributed by atoms with van der Waals surface area (Å²) in [6, 6.07) is 2.20. The van der Waals surface area contributed by atoms with Crippen molar-refractivity contribution in [3.8, 4) is 0 Å². The van der Waals surface area contributed by atoms with E-state index < -0.39 is 0 Å². The third kappa shape index (κ3) is 1.33. The van der Waals surface area contributed by atoms with Gasteiger partial charge in [0.25, 0.3) is 0 Å². The van der Waals surface area contributed by atoms with E-state index in [-0.39, 0.29) is 0 Å². The van der Waals surface area contributed by atoms with Gasteiger partial charge < -0.3 is 0 Å². The van der Waals surface area contributed by atoms with Gasteiger partial charge >= 0.3 is 0 Å². The lowest BCUT2D eigenvalue weighted by molar-refractivity contribution is 1.03. The number of thiophene rings is 1. The summed E-state index contributed by atoms with van der Waals surface area (Å²) in [7, 11) is 0. The summed E-state index contributed by atoms with van der Waals surface area (Å²) in [6.45, 7) is 2.10. The van der Waals surface area contributed by atoms with Crippen LogP contribution in [0.5, 0.6) is 0 Å². The van der Waals surface area contributed by atoms with E-state index >= 15 is 0 Å². The molecule has 3 heteroatoms. The molecule has 0 bridgehead atoms. The molecular weight excluding hydrogens is 178 g/mol. The van der Waals surface area contributed by atoms with Crippen LogP contribution in [0.1, 0.15) is 16.9 Å². The fourth-order valence-electron chi connectivity index (χ4n) is 1.23. The molecule has 0 radical (unpaired) electrons. The fraction of sp³-hybridized carbons (Fsp3) is 0.375. The SMILES string of the molecule is Cc1cc2c(s1)N=C(Cl)CC2. The highest BCUT2D eigenvalue weighted by molar-refractivity contribution is 7.16. The third-order valence-electron chi connectivity index (χ3n) is 1.73. The van der Waals surface area contributed by atoms with Crippen LogP contribution in [0.3, 0.4) is 0 Å². The van der Waals surface area contributed by atoms with E-state index in [1.54, 1.807) is 11.3 Å². The number of hydrogen-bond acceptors (Lipinski definition) is 2. The molecule has 0 unspecified atom stereocenters. The average Bonchev–Trinajstić information content (AvgIpc) is 2.27. The van der Waals surface area contributed by atoms with Crippen LogP contribution in [-0.2, 0) is 6.42 Å². The average molecular weight is 186 g/mol. The Morgan fingerprint density at radius 3 is 3.18 bits per heavy atom. The molecule has 0 saturated heterocycles. The molecule has 0 aliphatic carbocycles. The molecular formula is C8H8ClNS. The van der Waals surface area contributed by atoms with Gasteiger partial charge in [0.1, 0.15) is 10.2 Å². The maximum absolute atomic E-state index is 5.81. The first-order chi connectivity index (χ1) is 5.25. The lowest BCUT2D eigenvalue weighted by Gasteiger charge is -2.04. The molecule has 0 N–H and O–H groups in total. The number of rotatable bonds is 0. The first-order valence-corrected chi connectivity index (χ1v) is 4.77.